The fourth-order valence-corrected chi connectivity index (χ4v) is 3.25. The maximum absolute atomic E-state index is 13.9. The van der Waals surface area contributed by atoms with Gasteiger partial charge in [-0.05, 0) is 24.3 Å². The highest BCUT2D eigenvalue weighted by molar-refractivity contribution is 6.32. The summed E-state index contributed by atoms with van der Waals surface area (Å²) >= 11 is 6.05. The van der Waals surface area contributed by atoms with Crippen LogP contribution in [0, 0.1) is 27.3 Å². The summed E-state index contributed by atoms with van der Waals surface area (Å²) in [6, 6.07) is 12.1. The predicted molar refractivity (Wildman–Crippen MR) is 107 cm³/mol. The normalized spacial score (nSPS) is 14.4. The van der Waals surface area contributed by atoms with Crippen LogP contribution in [-0.4, -0.2) is 41.9 Å². The molecule has 7 nitrogen and oxygen atoms in total. The monoisotopic (exact) mass is 414 g/mol. The number of amides is 1. The van der Waals surface area contributed by atoms with Gasteiger partial charge < -0.3 is 9.80 Å². The highest BCUT2D eigenvalue weighted by Gasteiger charge is 2.25. The smallest absolute Gasteiger partial charge is 0.270 e. The zero-order valence-electron chi connectivity index (χ0n) is 15.2. The van der Waals surface area contributed by atoms with Crippen molar-refractivity contribution < 1.29 is 14.1 Å². The first-order valence-corrected chi connectivity index (χ1v) is 9.13. The van der Waals surface area contributed by atoms with Crippen molar-refractivity contribution in [1.29, 1.82) is 5.26 Å². The largest absolute Gasteiger partial charge is 0.366 e. The first kappa shape index (κ1) is 20.3. The lowest BCUT2D eigenvalue weighted by atomic mass is 10.1. The Hall–Kier alpha value is -3.44. The number of nitro groups is 1. The molecule has 0 aliphatic carbocycles. The number of nitro benzene ring substituents is 1. The molecule has 29 heavy (non-hydrogen) atoms. The van der Waals surface area contributed by atoms with E-state index in [0.717, 1.165) is 0 Å². The molecule has 1 aliphatic heterocycles. The molecule has 2 aromatic rings. The van der Waals surface area contributed by atoms with E-state index in [1.165, 1.54) is 35.2 Å². The molecule has 1 fully saturated rings. The van der Waals surface area contributed by atoms with Crippen LogP contribution in [0.4, 0.5) is 15.8 Å². The van der Waals surface area contributed by atoms with Crippen LogP contribution in [0.15, 0.2) is 48.0 Å². The van der Waals surface area contributed by atoms with Crippen molar-refractivity contribution in [2.45, 2.75) is 0 Å². The highest BCUT2D eigenvalue weighted by atomic mass is 35.5. The van der Waals surface area contributed by atoms with Gasteiger partial charge in [-0.15, -0.1) is 0 Å². The number of benzene rings is 2. The van der Waals surface area contributed by atoms with Crippen LogP contribution in [0.3, 0.4) is 0 Å². The van der Waals surface area contributed by atoms with Gasteiger partial charge >= 0.3 is 0 Å². The number of hydrogen-bond acceptors (Lipinski definition) is 5. The number of carbonyl (C=O) groups is 1. The zero-order chi connectivity index (χ0) is 21.0. The standard InChI is InChI=1S/C20H16ClFN4O3/c21-17-6-5-16(26(28)29)12-14(17)11-15(13-23)20(27)25-9-7-24(8-10-25)19-4-2-1-3-18(19)22/h1-6,11-12H,7-10H2/b15-11+. The van der Waals surface area contributed by atoms with Gasteiger partial charge in [-0.25, -0.2) is 4.39 Å². The molecule has 148 valence electrons. The Kier molecular flexibility index (Phi) is 6.10. The molecule has 0 aromatic heterocycles. The van der Waals surface area contributed by atoms with Crippen molar-refractivity contribution in [2.75, 3.05) is 31.1 Å². The van der Waals surface area contributed by atoms with Gasteiger partial charge in [0.2, 0.25) is 0 Å². The summed E-state index contributed by atoms with van der Waals surface area (Å²) in [6.45, 7) is 1.47. The molecule has 0 saturated carbocycles. The number of halogens is 2. The number of anilines is 1. The van der Waals surface area contributed by atoms with Crippen LogP contribution >= 0.6 is 11.6 Å². The fraction of sp³-hybridized carbons (Fsp3) is 0.200. The van der Waals surface area contributed by atoms with Crippen molar-refractivity contribution in [3.63, 3.8) is 0 Å². The van der Waals surface area contributed by atoms with Crippen molar-refractivity contribution in [3.05, 3.63) is 74.6 Å². The van der Waals surface area contributed by atoms with Crippen LogP contribution in [0.1, 0.15) is 5.56 Å². The minimum absolute atomic E-state index is 0.174. The van der Waals surface area contributed by atoms with E-state index in [2.05, 4.69) is 0 Å². The third-order valence-electron chi connectivity index (χ3n) is 4.60. The molecule has 0 spiro atoms. The van der Waals surface area contributed by atoms with Crippen LogP contribution in [0.5, 0.6) is 0 Å². The number of non-ortho nitro benzene ring substituents is 1. The lowest BCUT2D eigenvalue weighted by molar-refractivity contribution is -0.384. The van der Waals surface area contributed by atoms with Gasteiger partial charge in [0.15, 0.2) is 0 Å². The van der Waals surface area contributed by atoms with E-state index in [0.29, 0.717) is 31.9 Å². The quantitative estimate of drug-likeness (QED) is 0.329. The summed E-state index contributed by atoms with van der Waals surface area (Å²) in [4.78, 5) is 26.4. The third-order valence-corrected chi connectivity index (χ3v) is 4.95. The number of nitriles is 1. The van der Waals surface area contributed by atoms with Crippen LogP contribution in [0.2, 0.25) is 5.02 Å². The minimum Gasteiger partial charge on any atom is -0.366 e. The van der Waals surface area contributed by atoms with E-state index in [-0.39, 0.29) is 27.7 Å². The Morgan fingerprint density at radius 3 is 2.52 bits per heavy atom. The first-order valence-electron chi connectivity index (χ1n) is 8.75. The molecule has 1 heterocycles. The Bertz CT molecular complexity index is 1030. The van der Waals surface area contributed by atoms with E-state index >= 15 is 0 Å². The van der Waals surface area contributed by atoms with Crippen molar-refractivity contribution >= 4 is 35.0 Å². The second-order valence-corrected chi connectivity index (χ2v) is 6.77. The first-order chi connectivity index (χ1) is 13.9. The average Bonchev–Trinajstić information content (AvgIpc) is 2.73. The third kappa shape index (κ3) is 4.52. The van der Waals surface area contributed by atoms with Gasteiger partial charge in [-0.3, -0.25) is 14.9 Å². The number of nitrogens with zero attached hydrogens (tertiary/aromatic N) is 4. The van der Waals surface area contributed by atoms with Gasteiger partial charge in [0, 0.05) is 48.9 Å². The van der Waals surface area contributed by atoms with E-state index < -0.39 is 10.8 Å². The molecule has 1 saturated heterocycles. The lowest BCUT2D eigenvalue weighted by Gasteiger charge is -2.36. The van der Waals surface area contributed by atoms with Crippen LogP contribution in [0.25, 0.3) is 6.08 Å². The van der Waals surface area contributed by atoms with Gasteiger partial charge in [-0.2, -0.15) is 5.26 Å². The van der Waals surface area contributed by atoms with Crippen LogP contribution in [-0.2, 0) is 4.79 Å². The lowest BCUT2D eigenvalue weighted by Crippen LogP contribution is -2.49. The zero-order valence-corrected chi connectivity index (χ0v) is 16.0. The summed E-state index contributed by atoms with van der Waals surface area (Å²) in [5.41, 5.74) is 0.324. The molecule has 1 amide bonds. The van der Waals surface area contributed by atoms with E-state index in [9.17, 15) is 24.6 Å². The number of carbonyl (C=O) groups excluding carboxylic acids is 1. The molecule has 0 radical (unpaired) electrons. The Morgan fingerprint density at radius 1 is 1.21 bits per heavy atom. The highest BCUT2D eigenvalue weighted by Crippen LogP contribution is 2.25. The Balaban J connectivity index is 1.75. The maximum atomic E-state index is 13.9. The maximum Gasteiger partial charge on any atom is 0.270 e. The van der Waals surface area contributed by atoms with E-state index in [4.69, 9.17) is 11.6 Å². The Labute approximate surface area is 171 Å². The minimum atomic E-state index is -0.580. The van der Waals surface area contributed by atoms with E-state index in [1.807, 2.05) is 11.0 Å². The van der Waals surface area contributed by atoms with Gasteiger partial charge in [0.1, 0.15) is 17.5 Å². The molecule has 0 unspecified atom stereocenters. The van der Waals surface area contributed by atoms with E-state index in [1.54, 1.807) is 18.2 Å². The number of hydrogen-bond donors (Lipinski definition) is 0. The Morgan fingerprint density at radius 2 is 1.90 bits per heavy atom. The molecule has 1 aliphatic rings. The number of piperazine rings is 1. The number of para-hydroxylation sites is 1. The molecule has 0 N–H and O–H groups in total. The second kappa shape index (κ2) is 8.71. The molecule has 0 atom stereocenters. The summed E-state index contributed by atoms with van der Waals surface area (Å²) in [5, 5.41) is 20.6. The van der Waals surface area contributed by atoms with Gasteiger partial charge in [-0.1, -0.05) is 23.7 Å². The predicted octanol–water partition coefficient (Wildman–Crippen LogP) is 3.64. The van der Waals surface area contributed by atoms with Crippen molar-refractivity contribution in [3.8, 4) is 6.07 Å². The van der Waals surface area contributed by atoms with Gasteiger partial charge in [0.05, 0.1) is 10.6 Å². The van der Waals surface area contributed by atoms with Crippen LogP contribution < -0.4 is 4.90 Å². The summed E-state index contributed by atoms with van der Waals surface area (Å²) < 4.78 is 13.9. The summed E-state index contributed by atoms with van der Waals surface area (Å²) in [5.74, 6) is -0.826. The topological polar surface area (TPSA) is 90.5 Å². The molecular weight excluding hydrogens is 399 g/mol. The molecule has 3 rings (SSSR count). The number of rotatable bonds is 4. The summed E-state index contributed by atoms with van der Waals surface area (Å²) in [7, 11) is 0. The SMILES string of the molecule is N#C/C(=C\c1cc([N+](=O)[O-])ccc1Cl)C(=O)N1CCN(c2ccccc2F)CC1. The van der Waals surface area contributed by atoms with Gasteiger partial charge in [0.25, 0.3) is 11.6 Å². The molecule has 9 heteroatoms. The summed E-state index contributed by atoms with van der Waals surface area (Å²) in [6.07, 6.45) is 1.25. The second-order valence-electron chi connectivity index (χ2n) is 6.36. The fourth-order valence-electron chi connectivity index (χ4n) is 3.08. The van der Waals surface area contributed by atoms with Crippen molar-refractivity contribution in [1.82, 2.24) is 4.90 Å². The molecule has 0 bridgehead atoms. The molecular formula is C20H16ClFN4O3. The average molecular weight is 415 g/mol. The van der Waals surface area contributed by atoms with Crippen molar-refractivity contribution in [2.24, 2.45) is 0 Å². The molecule has 2 aromatic carbocycles.